The van der Waals surface area contributed by atoms with Crippen LogP contribution >= 0.6 is 11.6 Å². The van der Waals surface area contributed by atoms with Crippen LogP contribution in [0, 0.1) is 6.92 Å². The van der Waals surface area contributed by atoms with Gasteiger partial charge in [0.15, 0.2) is 0 Å². The van der Waals surface area contributed by atoms with Gasteiger partial charge in [0.05, 0.1) is 16.8 Å². The van der Waals surface area contributed by atoms with Crippen LogP contribution in [0.15, 0.2) is 41.4 Å². The SMILES string of the molecule is Cc1cc(NS(=O)(=O)c2cccc(N)c2)cnc1Cl. The Bertz CT molecular complexity index is 717. The van der Waals surface area contributed by atoms with Crippen LogP contribution < -0.4 is 10.5 Å². The summed E-state index contributed by atoms with van der Waals surface area (Å²) < 4.78 is 26.7. The first kappa shape index (κ1) is 13.6. The highest BCUT2D eigenvalue weighted by Crippen LogP contribution is 2.20. The highest BCUT2D eigenvalue weighted by Gasteiger charge is 2.14. The van der Waals surface area contributed by atoms with Gasteiger partial charge in [-0.05, 0) is 36.8 Å². The van der Waals surface area contributed by atoms with Gasteiger partial charge in [-0.25, -0.2) is 13.4 Å². The van der Waals surface area contributed by atoms with E-state index in [1.54, 1.807) is 25.1 Å². The second-order valence-corrected chi connectivity index (χ2v) is 6.05. The van der Waals surface area contributed by atoms with Gasteiger partial charge in [0.2, 0.25) is 0 Å². The monoisotopic (exact) mass is 297 g/mol. The first-order valence-electron chi connectivity index (χ1n) is 5.39. The molecule has 2 aromatic rings. The summed E-state index contributed by atoms with van der Waals surface area (Å²) in [5.41, 5.74) is 6.99. The number of hydrogen-bond acceptors (Lipinski definition) is 4. The van der Waals surface area contributed by atoms with Crippen molar-refractivity contribution in [3.8, 4) is 0 Å². The summed E-state index contributed by atoms with van der Waals surface area (Å²) in [5.74, 6) is 0. The standard InChI is InChI=1S/C12H12ClN3O2S/c1-8-5-10(7-15-12(8)13)16-19(17,18)11-4-2-3-9(14)6-11/h2-7,16H,14H2,1H3. The Hall–Kier alpha value is -1.79. The number of nitrogens with two attached hydrogens (primary N) is 1. The lowest BCUT2D eigenvalue weighted by Crippen LogP contribution is -2.13. The van der Waals surface area contributed by atoms with Crippen LogP contribution in [0.1, 0.15) is 5.56 Å². The molecule has 2 rings (SSSR count). The van der Waals surface area contributed by atoms with E-state index in [9.17, 15) is 8.42 Å². The number of aryl methyl sites for hydroxylation is 1. The molecular weight excluding hydrogens is 286 g/mol. The fourth-order valence-corrected chi connectivity index (χ4v) is 2.70. The van der Waals surface area contributed by atoms with E-state index in [1.807, 2.05) is 0 Å². The number of nitrogen functional groups attached to an aromatic ring is 1. The molecule has 0 aliphatic rings. The third kappa shape index (κ3) is 3.15. The van der Waals surface area contributed by atoms with Gasteiger partial charge in [0.1, 0.15) is 5.15 Å². The molecule has 100 valence electrons. The molecule has 1 heterocycles. The van der Waals surface area contributed by atoms with E-state index in [-0.39, 0.29) is 4.90 Å². The minimum atomic E-state index is -3.68. The highest BCUT2D eigenvalue weighted by atomic mass is 35.5. The molecule has 1 aromatic heterocycles. The number of rotatable bonds is 3. The number of anilines is 2. The first-order valence-corrected chi connectivity index (χ1v) is 7.25. The molecule has 19 heavy (non-hydrogen) atoms. The lowest BCUT2D eigenvalue weighted by molar-refractivity contribution is 0.601. The van der Waals surface area contributed by atoms with Gasteiger partial charge >= 0.3 is 0 Å². The number of halogens is 1. The highest BCUT2D eigenvalue weighted by molar-refractivity contribution is 7.92. The Labute approximate surface area is 116 Å². The molecule has 0 unspecified atom stereocenters. The lowest BCUT2D eigenvalue weighted by atomic mass is 10.3. The normalized spacial score (nSPS) is 11.3. The molecule has 3 N–H and O–H groups in total. The summed E-state index contributed by atoms with van der Waals surface area (Å²) in [6.45, 7) is 1.74. The van der Waals surface area contributed by atoms with Gasteiger partial charge in [0, 0.05) is 5.69 Å². The predicted molar refractivity (Wildman–Crippen MR) is 75.6 cm³/mol. The van der Waals surface area contributed by atoms with Crippen LogP contribution in [0.3, 0.4) is 0 Å². The van der Waals surface area contributed by atoms with Crippen LogP contribution in [0.5, 0.6) is 0 Å². The van der Waals surface area contributed by atoms with Crippen LogP contribution in [0.25, 0.3) is 0 Å². The van der Waals surface area contributed by atoms with Crippen LogP contribution in [0.2, 0.25) is 5.15 Å². The van der Waals surface area contributed by atoms with Gasteiger partial charge < -0.3 is 5.73 Å². The number of nitrogens with zero attached hydrogens (tertiary/aromatic N) is 1. The molecule has 0 aliphatic carbocycles. The van der Waals surface area contributed by atoms with Crippen molar-refractivity contribution in [2.45, 2.75) is 11.8 Å². The summed E-state index contributed by atoms with van der Waals surface area (Å²) in [7, 11) is -3.68. The quantitative estimate of drug-likeness (QED) is 0.673. The fourth-order valence-electron chi connectivity index (χ4n) is 1.51. The van der Waals surface area contributed by atoms with E-state index in [4.69, 9.17) is 17.3 Å². The molecule has 7 heteroatoms. The van der Waals surface area contributed by atoms with Gasteiger partial charge in [-0.15, -0.1) is 0 Å². The molecule has 1 aromatic carbocycles. The summed E-state index contributed by atoms with van der Waals surface area (Å²) in [6, 6.07) is 7.66. The maximum absolute atomic E-state index is 12.1. The van der Waals surface area contributed by atoms with Crippen LogP contribution in [0.4, 0.5) is 11.4 Å². The summed E-state index contributed by atoms with van der Waals surface area (Å²) in [6.07, 6.45) is 1.36. The van der Waals surface area contributed by atoms with Crippen molar-refractivity contribution < 1.29 is 8.42 Å². The summed E-state index contributed by atoms with van der Waals surface area (Å²) >= 11 is 5.78. The zero-order valence-corrected chi connectivity index (χ0v) is 11.7. The second kappa shape index (κ2) is 5.07. The predicted octanol–water partition coefficient (Wildman–Crippen LogP) is 2.43. The molecule has 0 aliphatic heterocycles. The van der Waals surface area contributed by atoms with E-state index in [0.717, 1.165) is 0 Å². The molecule has 0 bridgehead atoms. The largest absolute Gasteiger partial charge is 0.399 e. The number of hydrogen-bond donors (Lipinski definition) is 2. The lowest BCUT2D eigenvalue weighted by Gasteiger charge is -2.09. The van der Waals surface area contributed by atoms with Crippen molar-refractivity contribution in [3.63, 3.8) is 0 Å². The molecule has 0 radical (unpaired) electrons. The fraction of sp³-hybridized carbons (Fsp3) is 0.0833. The van der Waals surface area contributed by atoms with E-state index < -0.39 is 10.0 Å². The Morgan fingerprint density at radius 3 is 2.68 bits per heavy atom. The van der Waals surface area contributed by atoms with Crippen molar-refractivity contribution in [2.24, 2.45) is 0 Å². The average molecular weight is 298 g/mol. The minimum absolute atomic E-state index is 0.0973. The summed E-state index contributed by atoms with van der Waals surface area (Å²) in [4.78, 5) is 3.99. The zero-order chi connectivity index (χ0) is 14.0. The topological polar surface area (TPSA) is 85.1 Å². The van der Waals surface area contributed by atoms with Gasteiger partial charge in [-0.3, -0.25) is 4.72 Å². The van der Waals surface area contributed by atoms with Gasteiger partial charge in [0.25, 0.3) is 10.0 Å². The van der Waals surface area contributed by atoms with Crippen molar-refractivity contribution >= 4 is 33.0 Å². The Balaban J connectivity index is 2.33. The van der Waals surface area contributed by atoms with E-state index in [2.05, 4.69) is 9.71 Å². The summed E-state index contributed by atoms with van der Waals surface area (Å²) in [5, 5.41) is 0.340. The van der Waals surface area contributed by atoms with Crippen molar-refractivity contribution in [1.82, 2.24) is 4.98 Å². The smallest absolute Gasteiger partial charge is 0.262 e. The van der Waals surface area contributed by atoms with Crippen LogP contribution in [-0.4, -0.2) is 13.4 Å². The Morgan fingerprint density at radius 1 is 1.32 bits per heavy atom. The molecule has 0 fully saturated rings. The van der Waals surface area contributed by atoms with Crippen LogP contribution in [-0.2, 0) is 10.0 Å². The first-order chi connectivity index (χ1) is 8.88. The number of sulfonamides is 1. The number of nitrogens with one attached hydrogen (secondary N) is 1. The maximum Gasteiger partial charge on any atom is 0.262 e. The molecule has 5 nitrogen and oxygen atoms in total. The number of benzene rings is 1. The van der Waals surface area contributed by atoms with Crippen molar-refractivity contribution in [2.75, 3.05) is 10.5 Å². The molecule has 0 saturated heterocycles. The third-order valence-corrected chi connectivity index (χ3v) is 4.21. The maximum atomic E-state index is 12.1. The second-order valence-electron chi connectivity index (χ2n) is 4.01. The number of aromatic nitrogens is 1. The van der Waals surface area contributed by atoms with Crippen molar-refractivity contribution in [1.29, 1.82) is 0 Å². The Morgan fingerprint density at radius 2 is 2.05 bits per heavy atom. The van der Waals surface area contributed by atoms with Gasteiger partial charge in [-0.1, -0.05) is 17.7 Å². The average Bonchev–Trinajstić information content (AvgIpc) is 2.33. The van der Waals surface area contributed by atoms with Crippen molar-refractivity contribution in [3.05, 3.63) is 47.2 Å². The Kier molecular flexibility index (Phi) is 3.64. The zero-order valence-electron chi connectivity index (χ0n) is 10.1. The molecule has 0 saturated carbocycles. The molecule has 0 spiro atoms. The third-order valence-electron chi connectivity index (χ3n) is 2.43. The number of pyridine rings is 1. The van der Waals surface area contributed by atoms with E-state index >= 15 is 0 Å². The van der Waals surface area contributed by atoms with E-state index in [1.165, 1.54) is 18.3 Å². The molecular formula is C12H12ClN3O2S. The molecule has 0 amide bonds. The van der Waals surface area contributed by atoms with Gasteiger partial charge in [-0.2, -0.15) is 0 Å². The van der Waals surface area contributed by atoms with E-state index in [0.29, 0.717) is 22.1 Å². The minimum Gasteiger partial charge on any atom is -0.399 e. The molecule has 0 atom stereocenters.